The van der Waals surface area contributed by atoms with Crippen LogP contribution in [-0.2, 0) is 7.05 Å². The van der Waals surface area contributed by atoms with Gasteiger partial charge in [0.25, 0.3) is 5.56 Å². The zero-order chi connectivity index (χ0) is 22.1. The maximum atomic E-state index is 12.6. The summed E-state index contributed by atoms with van der Waals surface area (Å²) in [5, 5.41) is 12.8. The van der Waals surface area contributed by atoms with Gasteiger partial charge in [-0.05, 0) is 43.5 Å². The SMILES string of the molecule is COc1ccc(NC2C[C@H](C)N(c3cc(=O)n(C)c4ccc(C#N)nc34)C[C@H]2C)nc1. The first-order valence-corrected chi connectivity index (χ1v) is 10.4. The molecule has 8 heteroatoms. The maximum absolute atomic E-state index is 12.6. The standard InChI is InChI=1S/C23H26N6O2/c1-14-13-29(15(2)9-18(14)27-21-8-6-17(31-4)12-25-21)20-10-22(30)28(3)19-7-5-16(11-24)26-23(19)20/h5-8,10,12,14-15,18H,9,13H2,1-4H3,(H,25,27)/t14-,15+,18?/m1/s1. The van der Waals surface area contributed by atoms with Crippen LogP contribution in [0.2, 0.25) is 0 Å². The number of fused-ring (bicyclic) bond motifs is 1. The zero-order valence-electron chi connectivity index (χ0n) is 18.2. The van der Waals surface area contributed by atoms with Gasteiger partial charge < -0.3 is 19.5 Å². The van der Waals surface area contributed by atoms with Gasteiger partial charge in [0.2, 0.25) is 0 Å². The van der Waals surface area contributed by atoms with E-state index in [1.807, 2.05) is 12.1 Å². The predicted octanol–water partition coefficient (Wildman–Crippen LogP) is 2.92. The highest BCUT2D eigenvalue weighted by atomic mass is 16.5. The molecule has 0 saturated carbocycles. The van der Waals surface area contributed by atoms with Crippen LogP contribution in [-0.4, -0.2) is 40.3 Å². The van der Waals surface area contributed by atoms with Crippen LogP contribution in [0.1, 0.15) is 26.0 Å². The molecule has 4 heterocycles. The molecule has 0 amide bonds. The second-order valence-electron chi connectivity index (χ2n) is 8.15. The fourth-order valence-electron chi connectivity index (χ4n) is 4.25. The molecule has 0 spiro atoms. The summed E-state index contributed by atoms with van der Waals surface area (Å²) in [5.41, 5.74) is 2.45. The quantitative estimate of drug-likeness (QED) is 0.696. The minimum Gasteiger partial charge on any atom is -0.495 e. The molecule has 1 fully saturated rings. The van der Waals surface area contributed by atoms with Gasteiger partial charge in [-0.15, -0.1) is 0 Å². The Labute approximate surface area is 181 Å². The van der Waals surface area contributed by atoms with E-state index in [1.54, 1.807) is 43.1 Å². The number of aromatic nitrogens is 3. The number of hydrogen-bond donors (Lipinski definition) is 1. The van der Waals surface area contributed by atoms with Crippen LogP contribution in [0, 0.1) is 17.2 Å². The second kappa shape index (κ2) is 8.26. The molecule has 0 radical (unpaired) electrons. The Kier molecular flexibility index (Phi) is 5.51. The first-order valence-electron chi connectivity index (χ1n) is 10.4. The van der Waals surface area contributed by atoms with Gasteiger partial charge in [0, 0.05) is 31.7 Å². The summed E-state index contributed by atoms with van der Waals surface area (Å²) in [6.07, 6.45) is 2.58. The highest BCUT2D eigenvalue weighted by molar-refractivity contribution is 5.89. The number of hydrogen-bond acceptors (Lipinski definition) is 7. The predicted molar refractivity (Wildman–Crippen MR) is 120 cm³/mol. The van der Waals surface area contributed by atoms with E-state index in [2.05, 4.69) is 40.1 Å². The number of pyridine rings is 3. The lowest BCUT2D eigenvalue weighted by Crippen LogP contribution is -2.50. The van der Waals surface area contributed by atoms with Crippen LogP contribution in [0.15, 0.2) is 41.3 Å². The van der Waals surface area contributed by atoms with E-state index in [0.717, 1.165) is 35.7 Å². The van der Waals surface area contributed by atoms with Gasteiger partial charge in [0.15, 0.2) is 0 Å². The van der Waals surface area contributed by atoms with Crippen molar-refractivity contribution in [2.45, 2.75) is 32.4 Å². The number of anilines is 2. The number of nitrogens with one attached hydrogen (secondary N) is 1. The number of ether oxygens (including phenoxy) is 1. The van der Waals surface area contributed by atoms with E-state index >= 15 is 0 Å². The number of piperidine rings is 1. The highest BCUT2D eigenvalue weighted by Gasteiger charge is 2.32. The number of aryl methyl sites for hydroxylation is 1. The minimum absolute atomic E-state index is 0.0865. The van der Waals surface area contributed by atoms with Crippen LogP contribution in [0.25, 0.3) is 11.0 Å². The van der Waals surface area contributed by atoms with Gasteiger partial charge in [0.05, 0.1) is 24.5 Å². The zero-order valence-corrected chi connectivity index (χ0v) is 18.2. The topological polar surface area (TPSA) is 96.1 Å². The smallest absolute Gasteiger partial charge is 0.252 e. The third kappa shape index (κ3) is 3.91. The third-order valence-electron chi connectivity index (χ3n) is 6.10. The van der Waals surface area contributed by atoms with Crippen LogP contribution in [0.4, 0.5) is 11.5 Å². The lowest BCUT2D eigenvalue weighted by molar-refractivity contribution is 0.355. The fourth-order valence-corrected chi connectivity index (χ4v) is 4.25. The molecule has 1 unspecified atom stereocenters. The molecular weight excluding hydrogens is 392 g/mol. The summed E-state index contributed by atoms with van der Waals surface area (Å²) in [5.74, 6) is 1.85. The molecule has 1 aliphatic rings. The largest absolute Gasteiger partial charge is 0.495 e. The van der Waals surface area contributed by atoms with E-state index in [1.165, 1.54) is 0 Å². The summed E-state index contributed by atoms with van der Waals surface area (Å²) >= 11 is 0. The van der Waals surface area contributed by atoms with E-state index in [0.29, 0.717) is 17.1 Å². The Bertz CT molecular complexity index is 1200. The number of rotatable bonds is 4. The number of nitrogens with zero attached hydrogens (tertiary/aromatic N) is 5. The molecule has 0 bridgehead atoms. The second-order valence-corrected chi connectivity index (χ2v) is 8.15. The number of methoxy groups -OCH3 is 1. The summed E-state index contributed by atoms with van der Waals surface area (Å²) in [6, 6.07) is 11.4. The molecule has 1 N–H and O–H groups in total. The first kappa shape index (κ1) is 20.7. The molecule has 31 heavy (non-hydrogen) atoms. The first-order chi connectivity index (χ1) is 14.9. The Morgan fingerprint density at radius 2 is 2.06 bits per heavy atom. The lowest BCUT2D eigenvalue weighted by atomic mass is 9.89. The Morgan fingerprint density at radius 3 is 2.74 bits per heavy atom. The van der Waals surface area contributed by atoms with Crippen LogP contribution in [0.5, 0.6) is 5.75 Å². The van der Waals surface area contributed by atoms with Crippen molar-refractivity contribution >= 4 is 22.5 Å². The summed E-state index contributed by atoms with van der Waals surface area (Å²) in [7, 11) is 3.35. The van der Waals surface area contributed by atoms with E-state index in [4.69, 9.17) is 4.74 Å². The van der Waals surface area contributed by atoms with Gasteiger partial charge in [-0.2, -0.15) is 5.26 Å². The van der Waals surface area contributed by atoms with Crippen molar-refractivity contribution in [3.05, 3.63) is 52.6 Å². The van der Waals surface area contributed by atoms with Crippen LogP contribution in [0.3, 0.4) is 0 Å². The fraction of sp³-hybridized carbons (Fsp3) is 0.391. The average Bonchev–Trinajstić information content (AvgIpc) is 2.78. The molecule has 3 aromatic heterocycles. The third-order valence-corrected chi connectivity index (χ3v) is 6.10. The average molecular weight is 419 g/mol. The molecular formula is C23H26N6O2. The van der Waals surface area contributed by atoms with Crippen molar-refractivity contribution in [1.29, 1.82) is 5.26 Å². The molecule has 160 valence electrons. The lowest BCUT2D eigenvalue weighted by Gasteiger charge is -2.43. The summed E-state index contributed by atoms with van der Waals surface area (Å²) in [4.78, 5) is 23.8. The Morgan fingerprint density at radius 1 is 1.26 bits per heavy atom. The molecule has 3 aromatic rings. The number of nitriles is 1. The van der Waals surface area contributed by atoms with Crippen molar-refractivity contribution in [2.24, 2.45) is 13.0 Å². The van der Waals surface area contributed by atoms with Crippen molar-refractivity contribution in [3.63, 3.8) is 0 Å². The van der Waals surface area contributed by atoms with Crippen molar-refractivity contribution in [1.82, 2.24) is 14.5 Å². The minimum atomic E-state index is -0.0865. The molecule has 0 aliphatic carbocycles. The van der Waals surface area contributed by atoms with Gasteiger partial charge >= 0.3 is 0 Å². The summed E-state index contributed by atoms with van der Waals surface area (Å²) < 4.78 is 6.75. The normalized spacial score (nSPS) is 21.0. The van der Waals surface area contributed by atoms with Crippen molar-refractivity contribution in [2.75, 3.05) is 23.9 Å². The molecule has 3 atom stereocenters. The van der Waals surface area contributed by atoms with E-state index in [9.17, 15) is 10.1 Å². The molecule has 8 nitrogen and oxygen atoms in total. The van der Waals surface area contributed by atoms with Crippen molar-refractivity contribution in [3.8, 4) is 11.8 Å². The van der Waals surface area contributed by atoms with E-state index in [-0.39, 0.29) is 17.6 Å². The monoisotopic (exact) mass is 418 g/mol. The Hall–Kier alpha value is -3.60. The molecule has 0 aromatic carbocycles. The maximum Gasteiger partial charge on any atom is 0.252 e. The van der Waals surface area contributed by atoms with Crippen molar-refractivity contribution < 1.29 is 4.74 Å². The van der Waals surface area contributed by atoms with Crippen LogP contribution < -0.4 is 20.5 Å². The van der Waals surface area contributed by atoms with E-state index < -0.39 is 0 Å². The summed E-state index contributed by atoms with van der Waals surface area (Å²) in [6.45, 7) is 5.10. The van der Waals surface area contributed by atoms with Gasteiger partial charge in [-0.25, -0.2) is 9.97 Å². The molecule has 1 aliphatic heterocycles. The van der Waals surface area contributed by atoms with Crippen LogP contribution >= 0.6 is 0 Å². The van der Waals surface area contributed by atoms with Gasteiger partial charge in [-0.3, -0.25) is 4.79 Å². The van der Waals surface area contributed by atoms with Gasteiger partial charge in [-0.1, -0.05) is 6.92 Å². The molecule has 4 rings (SSSR count). The highest BCUT2D eigenvalue weighted by Crippen LogP contribution is 2.32. The Balaban J connectivity index is 1.63. The van der Waals surface area contributed by atoms with Gasteiger partial charge in [0.1, 0.15) is 28.8 Å². The molecule has 1 saturated heterocycles.